The normalized spacial score (nSPS) is 13.1. The molecular weight excluding hydrogens is 218 g/mol. The molecule has 90 valence electrons. The summed E-state index contributed by atoms with van der Waals surface area (Å²) in [5.74, 6) is -2.51. The summed E-state index contributed by atoms with van der Waals surface area (Å²) in [4.78, 5) is 10.6. The van der Waals surface area contributed by atoms with Crippen LogP contribution in [0.3, 0.4) is 0 Å². The average Bonchev–Trinajstić information content (AvgIpc) is 2.38. The highest BCUT2D eigenvalue weighted by Gasteiger charge is 2.30. The Morgan fingerprint density at radius 3 is 2.38 bits per heavy atom. The van der Waals surface area contributed by atoms with Crippen molar-refractivity contribution in [2.24, 2.45) is 7.05 Å². The zero-order chi connectivity index (χ0) is 12.5. The molecule has 0 amide bonds. The van der Waals surface area contributed by atoms with Crippen molar-refractivity contribution in [3.63, 3.8) is 0 Å². The van der Waals surface area contributed by atoms with Crippen LogP contribution in [0.4, 0.5) is 8.78 Å². The summed E-state index contributed by atoms with van der Waals surface area (Å²) in [6.45, 7) is 3.27. The van der Waals surface area contributed by atoms with Crippen molar-refractivity contribution in [3.05, 3.63) is 17.0 Å². The molecule has 0 fully saturated rings. The molecule has 1 aromatic rings. The fourth-order valence-corrected chi connectivity index (χ4v) is 1.83. The molecule has 0 saturated carbocycles. The third-order valence-electron chi connectivity index (χ3n) is 2.63. The molecule has 1 rings (SSSR count). The fourth-order valence-electron chi connectivity index (χ4n) is 1.83. The van der Waals surface area contributed by atoms with Gasteiger partial charge in [0.2, 0.25) is 6.43 Å². The lowest BCUT2D eigenvalue weighted by atomic mass is 9.94. The van der Waals surface area contributed by atoms with E-state index in [1.54, 1.807) is 20.9 Å². The topological polar surface area (TPSA) is 55.1 Å². The van der Waals surface area contributed by atoms with E-state index in [4.69, 9.17) is 5.11 Å². The van der Waals surface area contributed by atoms with Crippen molar-refractivity contribution in [1.82, 2.24) is 9.78 Å². The highest BCUT2D eigenvalue weighted by molar-refractivity contribution is 5.68. The molecule has 4 nitrogen and oxygen atoms in total. The number of nitrogens with zero attached hydrogens (tertiary/aromatic N) is 2. The van der Waals surface area contributed by atoms with Gasteiger partial charge in [-0.3, -0.25) is 9.48 Å². The SMILES string of the molecule is Cc1nn(C)c(C)c1C(CC(=O)O)C(F)F. The molecule has 1 unspecified atom stereocenters. The van der Waals surface area contributed by atoms with Gasteiger partial charge in [0.1, 0.15) is 0 Å². The lowest BCUT2D eigenvalue weighted by Crippen LogP contribution is -2.15. The van der Waals surface area contributed by atoms with E-state index < -0.39 is 24.7 Å². The Morgan fingerprint density at radius 1 is 1.50 bits per heavy atom. The van der Waals surface area contributed by atoms with Crippen LogP contribution in [0, 0.1) is 13.8 Å². The Balaban J connectivity index is 3.15. The van der Waals surface area contributed by atoms with Gasteiger partial charge in [-0.05, 0) is 13.8 Å². The number of aliphatic carboxylic acids is 1. The van der Waals surface area contributed by atoms with Crippen molar-refractivity contribution < 1.29 is 18.7 Å². The maximum Gasteiger partial charge on any atom is 0.304 e. The standard InChI is InChI=1S/C10H14F2N2O2/c1-5-9(6(2)14(3)13-5)7(10(11)12)4-8(15)16/h7,10H,4H2,1-3H3,(H,15,16). The summed E-state index contributed by atoms with van der Waals surface area (Å²) < 4.78 is 27.1. The van der Waals surface area contributed by atoms with Gasteiger partial charge in [-0.15, -0.1) is 0 Å². The first kappa shape index (κ1) is 12.6. The molecule has 0 aromatic carbocycles. The first-order chi connectivity index (χ1) is 7.34. The van der Waals surface area contributed by atoms with Gasteiger partial charge in [0.25, 0.3) is 0 Å². The second-order valence-corrected chi connectivity index (χ2v) is 3.75. The second-order valence-electron chi connectivity index (χ2n) is 3.75. The maximum atomic E-state index is 12.8. The van der Waals surface area contributed by atoms with E-state index >= 15 is 0 Å². The van der Waals surface area contributed by atoms with E-state index in [9.17, 15) is 13.6 Å². The molecule has 1 heterocycles. The smallest absolute Gasteiger partial charge is 0.304 e. The average molecular weight is 232 g/mol. The largest absolute Gasteiger partial charge is 0.481 e. The van der Waals surface area contributed by atoms with Crippen molar-refractivity contribution in [1.29, 1.82) is 0 Å². The van der Waals surface area contributed by atoms with Crippen LogP contribution >= 0.6 is 0 Å². The summed E-state index contributed by atoms with van der Waals surface area (Å²) >= 11 is 0. The summed E-state index contributed by atoms with van der Waals surface area (Å²) in [7, 11) is 1.65. The number of hydrogen-bond donors (Lipinski definition) is 1. The van der Waals surface area contributed by atoms with Crippen LogP contribution < -0.4 is 0 Å². The van der Waals surface area contributed by atoms with Gasteiger partial charge in [0.15, 0.2) is 0 Å². The molecule has 16 heavy (non-hydrogen) atoms. The van der Waals surface area contributed by atoms with Gasteiger partial charge in [-0.25, -0.2) is 8.78 Å². The number of carboxylic acid groups (broad SMARTS) is 1. The van der Waals surface area contributed by atoms with Crippen LogP contribution in [0.25, 0.3) is 0 Å². The molecule has 6 heteroatoms. The Hall–Kier alpha value is -1.46. The Morgan fingerprint density at radius 2 is 2.06 bits per heavy atom. The van der Waals surface area contributed by atoms with Gasteiger partial charge in [-0.2, -0.15) is 5.10 Å². The molecule has 0 spiro atoms. The molecule has 1 aromatic heterocycles. The molecule has 1 N–H and O–H groups in total. The van der Waals surface area contributed by atoms with Crippen LogP contribution in [-0.2, 0) is 11.8 Å². The predicted molar refractivity (Wildman–Crippen MR) is 53.7 cm³/mol. The quantitative estimate of drug-likeness (QED) is 0.862. The van der Waals surface area contributed by atoms with Crippen molar-refractivity contribution in [3.8, 4) is 0 Å². The Kier molecular flexibility index (Phi) is 3.62. The van der Waals surface area contributed by atoms with Gasteiger partial charge >= 0.3 is 5.97 Å². The molecule has 1 atom stereocenters. The highest BCUT2D eigenvalue weighted by Crippen LogP contribution is 2.31. The van der Waals surface area contributed by atoms with E-state index in [1.165, 1.54) is 4.68 Å². The third-order valence-corrected chi connectivity index (χ3v) is 2.63. The van der Waals surface area contributed by atoms with E-state index in [0.717, 1.165) is 0 Å². The van der Waals surface area contributed by atoms with Gasteiger partial charge in [0, 0.05) is 18.3 Å². The lowest BCUT2D eigenvalue weighted by Gasteiger charge is -2.14. The fraction of sp³-hybridized carbons (Fsp3) is 0.600. The van der Waals surface area contributed by atoms with Crippen LogP contribution in [0.5, 0.6) is 0 Å². The van der Waals surface area contributed by atoms with Gasteiger partial charge < -0.3 is 5.11 Å². The zero-order valence-electron chi connectivity index (χ0n) is 9.37. The number of halogens is 2. The molecule has 0 aliphatic carbocycles. The van der Waals surface area contributed by atoms with Crippen molar-refractivity contribution in [2.45, 2.75) is 32.6 Å². The Labute approximate surface area is 91.9 Å². The number of carbonyl (C=O) groups is 1. The minimum Gasteiger partial charge on any atom is -0.481 e. The summed E-state index contributed by atoms with van der Waals surface area (Å²) in [6.07, 6.45) is -3.27. The summed E-state index contributed by atoms with van der Waals surface area (Å²) in [5, 5.41) is 12.6. The molecule has 0 aliphatic rings. The van der Waals surface area contributed by atoms with E-state index in [-0.39, 0.29) is 0 Å². The predicted octanol–water partition coefficient (Wildman–Crippen LogP) is 1.86. The van der Waals surface area contributed by atoms with Crippen LogP contribution in [0.1, 0.15) is 29.3 Å². The van der Waals surface area contributed by atoms with Crippen molar-refractivity contribution in [2.75, 3.05) is 0 Å². The molecule has 0 bridgehead atoms. The number of aromatic nitrogens is 2. The van der Waals surface area contributed by atoms with E-state index in [2.05, 4.69) is 5.10 Å². The lowest BCUT2D eigenvalue weighted by molar-refractivity contribution is -0.138. The van der Waals surface area contributed by atoms with E-state index in [0.29, 0.717) is 17.0 Å². The summed E-state index contributed by atoms with van der Waals surface area (Å²) in [6, 6.07) is 0. The summed E-state index contributed by atoms with van der Waals surface area (Å²) in [5.41, 5.74) is 1.40. The zero-order valence-corrected chi connectivity index (χ0v) is 9.37. The molecule has 0 radical (unpaired) electrons. The monoisotopic (exact) mass is 232 g/mol. The Bertz CT molecular complexity index is 402. The highest BCUT2D eigenvalue weighted by atomic mass is 19.3. The van der Waals surface area contributed by atoms with Crippen molar-refractivity contribution >= 4 is 5.97 Å². The number of hydrogen-bond acceptors (Lipinski definition) is 2. The molecule has 0 aliphatic heterocycles. The number of aryl methyl sites for hydroxylation is 2. The number of carboxylic acids is 1. The second kappa shape index (κ2) is 4.59. The van der Waals surface area contributed by atoms with Crippen LogP contribution in [0.2, 0.25) is 0 Å². The number of alkyl halides is 2. The van der Waals surface area contributed by atoms with Gasteiger partial charge in [0.05, 0.1) is 18.0 Å². The maximum absolute atomic E-state index is 12.8. The van der Waals surface area contributed by atoms with Gasteiger partial charge in [-0.1, -0.05) is 0 Å². The van der Waals surface area contributed by atoms with E-state index in [1.807, 2.05) is 0 Å². The minimum atomic E-state index is -2.70. The number of rotatable bonds is 4. The third kappa shape index (κ3) is 2.37. The molecule has 0 saturated heterocycles. The first-order valence-corrected chi connectivity index (χ1v) is 4.84. The van der Waals surface area contributed by atoms with Crippen LogP contribution in [0.15, 0.2) is 0 Å². The molecular formula is C10H14F2N2O2. The first-order valence-electron chi connectivity index (χ1n) is 4.84. The van der Waals surface area contributed by atoms with Crippen LogP contribution in [-0.4, -0.2) is 27.3 Å². The minimum absolute atomic E-state index is 0.347.